The Labute approximate surface area is 115 Å². The number of hydrogen-bond donors (Lipinski definition) is 1. The van der Waals surface area contributed by atoms with Gasteiger partial charge in [-0.1, -0.05) is 23.4 Å². The van der Waals surface area contributed by atoms with Crippen LogP contribution >= 0.6 is 0 Å². The third-order valence-corrected chi connectivity index (χ3v) is 2.49. The summed E-state index contributed by atoms with van der Waals surface area (Å²) >= 11 is 0. The van der Waals surface area contributed by atoms with E-state index < -0.39 is 0 Å². The lowest BCUT2D eigenvalue weighted by molar-refractivity contribution is 0.215. The third-order valence-electron chi connectivity index (χ3n) is 2.49. The number of oxime groups is 1. The van der Waals surface area contributed by atoms with Crippen LogP contribution < -0.4 is 10.5 Å². The highest BCUT2D eigenvalue weighted by Gasteiger charge is 2.10. The average Bonchev–Trinajstić information content (AvgIpc) is 2.45. The number of benzene rings is 1. The zero-order valence-corrected chi connectivity index (χ0v) is 10.8. The van der Waals surface area contributed by atoms with Gasteiger partial charge in [0.2, 0.25) is 5.88 Å². The second-order valence-electron chi connectivity index (χ2n) is 3.77. The van der Waals surface area contributed by atoms with Crippen LogP contribution in [-0.4, -0.2) is 23.3 Å². The Hall–Kier alpha value is -2.70. The average molecular weight is 276 g/mol. The minimum Gasteiger partial charge on any atom is -0.472 e. The van der Waals surface area contributed by atoms with Gasteiger partial charge in [0.1, 0.15) is 37.2 Å². The van der Waals surface area contributed by atoms with Gasteiger partial charge in [-0.2, -0.15) is 0 Å². The van der Waals surface area contributed by atoms with E-state index in [1.807, 2.05) is 0 Å². The van der Waals surface area contributed by atoms with E-state index in [2.05, 4.69) is 20.0 Å². The molecule has 104 valence electrons. The standard InChI is InChI=1S/C13H13FN4O2/c1-19-18-6-10-12(15)16-8-17-13(10)20-7-9-4-2-3-5-11(9)14/h2-6,8H,7H2,1H3,(H2,15,16,17)/b18-6+. The number of hydrogen-bond acceptors (Lipinski definition) is 6. The van der Waals surface area contributed by atoms with E-state index >= 15 is 0 Å². The molecule has 0 fully saturated rings. The van der Waals surface area contributed by atoms with Gasteiger partial charge in [-0.25, -0.2) is 14.4 Å². The Balaban J connectivity index is 2.19. The van der Waals surface area contributed by atoms with E-state index in [1.54, 1.807) is 18.2 Å². The summed E-state index contributed by atoms with van der Waals surface area (Å²) in [6, 6.07) is 6.32. The van der Waals surface area contributed by atoms with Crippen molar-refractivity contribution in [1.82, 2.24) is 9.97 Å². The fourth-order valence-electron chi connectivity index (χ4n) is 1.50. The summed E-state index contributed by atoms with van der Waals surface area (Å²) in [6.07, 6.45) is 2.60. The molecule has 2 N–H and O–H groups in total. The summed E-state index contributed by atoms with van der Waals surface area (Å²) in [7, 11) is 1.40. The first-order chi connectivity index (χ1) is 9.72. The Morgan fingerprint density at radius 1 is 1.35 bits per heavy atom. The normalized spacial score (nSPS) is 10.7. The maximum absolute atomic E-state index is 13.5. The molecule has 6 nitrogen and oxygen atoms in total. The van der Waals surface area contributed by atoms with Gasteiger partial charge < -0.3 is 15.3 Å². The molecule has 2 aromatic rings. The van der Waals surface area contributed by atoms with Crippen molar-refractivity contribution in [2.75, 3.05) is 12.8 Å². The van der Waals surface area contributed by atoms with Gasteiger partial charge in [-0.15, -0.1) is 0 Å². The minimum absolute atomic E-state index is 0.0248. The van der Waals surface area contributed by atoms with Crippen LogP contribution in [0.2, 0.25) is 0 Å². The maximum atomic E-state index is 13.5. The molecule has 7 heteroatoms. The van der Waals surface area contributed by atoms with Gasteiger partial charge in [0, 0.05) is 5.56 Å². The van der Waals surface area contributed by atoms with E-state index in [0.717, 1.165) is 0 Å². The zero-order valence-electron chi connectivity index (χ0n) is 10.8. The number of ether oxygens (including phenoxy) is 1. The molecular formula is C13H13FN4O2. The molecule has 0 radical (unpaired) electrons. The van der Waals surface area contributed by atoms with Gasteiger partial charge in [-0.3, -0.25) is 0 Å². The SMILES string of the molecule is CO/N=C/c1c(N)ncnc1OCc1ccccc1F. The van der Waals surface area contributed by atoms with E-state index in [4.69, 9.17) is 10.5 Å². The largest absolute Gasteiger partial charge is 0.472 e. The van der Waals surface area contributed by atoms with E-state index in [-0.39, 0.29) is 24.1 Å². The highest BCUT2D eigenvalue weighted by Crippen LogP contribution is 2.19. The summed E-state index contributed by atoms with van der Waals surface area (Å²) in [6.45, 7) is 0.0248. The Morgan fingerprint density at radius 3 is 2.90 bits per heavy atom. The predicted octanol–water partition coefficient (Wildman–Crippen LogP) is 1.76. The van der Waals surface area contributed by atoms with Crippen LogP contribution in [0.15, 0.2) is 35.7 Å². The van der Waals surface area contributed by atoms with Gasteiger partial charge >= 0.3 is 0 Å². The fourth-order valence-corrected chi connectivity index (χ4v) is 1.50. The maximum Gasteiger partial charge on any atom is 0.228 e. The van der Waals surface area contributed by atoms with E-state index in [0.29, 0.717) is 11.1 Å². The van der Waals surface area contributed by atoms with Crippen molar-refractivity contribution in [2.24, 2.45) is 5.16 Å². The Morgan fingerprint density at radius 2 is 2.15 bits per heavy atom. The van der Waals surface area contributed by atoms with Gasteiger partial charge in [-0.05, 0) is 6.07 Å². The second-order valence-corrected chi connectivity index (χ2v) is 3.77. The molecule has 0 spiro atoms. The topological polar surface area (TPSA) is 82.6 Å². The lowest BCUT2D eigenvalue weighted by Crippen LogP contribution is -2.06. The Bertz CT molecular complexity index is 619. The summed E-state index contributed by atoms with van der Waals surface area (Å²) in [5.41, 5.74) is 6.51. The summed E-state index contributed by atoms with van der Waals surface area (Å²) in [4.78, 5) is 12.4. The van der Waals surface area contributed by atoms with Crippen molar-refractivity contribution in [1.29, 1.82) is 0 Å². The summed E-state index contributed by atoms with van der Waals surface area (Å²) < 4.78 is 19.0. The molecule has 0 saturated carbocycles. The summed E-state index contributed by atoms with van der Waals surface area (Å²) in [5, 5.41) is 3.60. The van der Waals surface area contributed by atoms with Crippen molar-refractivity contribution in [2.45, 2.75) is 6.61 Å². The van der Waals surface area contributed by atoms with Crippen molar-refractivity contribution < 1.29 is 14.0 Å². The Kier molecular flexibility index (Phi) is 4.43. The molecule has 0 aliphatic rings. The molecule has 0 amide bonds. The quantitative estimate of drug-likeness (QED) is 0.664. The number of nitrogens with zero attached hydrogens (tertiary/aromatic N) is 3. The van der Waals surface area contributed by atoms with Crippen molar-refractivity contribution in [3.8, 4) is 5.88 Å². The van der Waals surface area contributed by atoms with Gasteiger partial charge in [0.05, 0.1) is 6.21 Å². The van der Waals surface area contributed by atoms with Crippen LogP contribution in [0.25, 0.3) is 0 Å². The molecule has 2 rings (SSSR count). The third kappa shape index (κ3) is 3.19. The monoisotopic (exact) mass is 276 g/mol. The highest BCUT2D eigenvalue weighted by molar-refractivity contribution is 5.87. The van der Waals surface area contributed by atoms with Crippen molar-refractivity contribution >= 4 is 12.0 Å². The van der Waals surface area contributed by atoms with E-state index in [9.17, 15) is 4.39 Å². The predicted molar refractivity (Wildman–Crippen MR) is 71.8 cm³/mol. The van der Waals surface area contributed by atoms with Crippen molar-refractivity contribution in [3.63, 3.8) is 0 Å². The van der Waals surface area contributed by atoms with Crippen LogP contribution in [0, 0.1) is 5.82 Å². The van der Waals surface area contributed by atoms with Crippen LogP contribution in [-0.2, 0) is 11.4 Å². The van der Waals surface area contributed by atoms with Gasteiger partial charge in [0.15, 0.2) is 0 Å². The first-order valence-corrected chi connectivity index (χ1v) is 5.75. The smallest absolute Gasteiger partial charge is 0.228 e. The number of rotatable bonds is 5. The molecule has 1 aromatic heterocycles. The van der Waals surface area contributed by atoms with E-state index in [1.165, 1.54) is 25.7 Å². The highest BCUT2D eigenvalue weighted by atomic mass is 19.1. The number of nitrogens with two attached hydrogens (primary N) is 1. The molecule has 1 aromatic carbocycles. The molecule has 0 unspecified atom stereocenters. The molecule has 0 aliphatic carbocycles. The van der Waals surface area contributed by atoms with Crippen LogP contribution in [0.1, 0.15) is 11.1 Å². The number of nitrogen functional groups attached to an aromatic ring is 1. The fraction of sp³-hybridized carbons (Fsp3) is 0.154. The molecule has 0 saturated heterocycles. The second kappa shape index (κ2) is 6.46. The first kappa shape index (κ1) is 13.7. The van der Waals surface area contributed by atoms with Crippen LogP contribution in [0.4, 0.5) is 10.2 Å². The molecule has 20 heavy (non-hydrogen) atoms. The zero-order chi connectivity index (χ0) is 14.4. The lowest BCUT2D eigenvalue weighted by atomic mass is 10.2. The van der Waals surface area contributed by atoms with Gasteiger partial charge in [0.25, 0.3) is 0 Å². The number of aromatic nitrogens is 2. The summed E-state index contributed by atoms with van der Waals surface area (Å²) in [5.74, 6) is 0.0625. The van der Waals surface area contributed by atoms with Crippen LogP contribution in [0.3, 0.4) is 0 Å². The lowest BCUT2D eigenvalue weighted by Gasteiger charge is -2.09. The molecule has 0 aliphatic heterocycles. The molecule has 0 atom stereocenters. The number of halogens is 1. The van der Waals surface area contributed by atoms with Crippen LogP contribution in [0.5, 0.6) is 5.88 Å². The molecule has 0 bridgehead atoms. The minimum atomic E-state index is -0.346. The number of anilines is 1. The first-order valence-electron chi connectivity index (χ1n) is 5.75. The molecular weight excluding hydrogens is 263 g/mol. The van der Waals surface area contributed by atoms with Crippen molar-refractivity contribution in [3.05, 3.63) is 47.5 Å². The molecule has 1 heterocycles.